The van der Waals surface area contributed by atoms with Crippen LogP contribution >= 0.6 is 23.1 Å². The van der Waals surface area contributed by atoms with E-state index in [-0.39, 0.29) is 11.8 Å². The lowest BCUT2D eigenvalue weighted by atomic mass is 9.94. The summed E-state index contributed by atoms with van der Waals surface area (Å²) in [6.07, 6.45) is 10.3. The van der Waals surface area contributed by atoms with Crippen molar-refractivity contribution in [2.24, 2.45) is 0 Å². The van der Waals surface area contributed by atoms with Gasteiger partial charge in [0.1, 0.15) is 5.69 Å². The Morgan fingerprint density at radius 3 is 2.44 bits per heavy atom. The standard InChI is InChI=1S/C25H33N3O2S2/c1-27(20-6-4-3-5-7-20)25(30)22-17-32-24(26-22)19-12-14-28(15-13-19)23(29)16-18-8-10-21(31-2)11-9-18/h8-11,17,19-20H,3-7,12-16H2,1-2H3. The molecule has 4 rings (SSSR count). The highest BCUT2D eigenvalue weighted by Gasteiger charge is 2.28. The topological polar surface area (TPSA) is 53.5 Å². The first-order valence-corrected chi connectivity index (χ1v) is 13.8. The number of thiazole rings is 1. The minimum Gasteiger partial charge on any atom is -0.342 e. The molecule has 2 aromatic rings. The van der Waals surface area contributed by atoms with E-state index >= 15 is 0 Å². The Hall–Kier alpha value is -1.86. The average molecular weight is 472 g/mol. The van der Waals surface area contributed by atoms with Gasteiger partial charge in [0.2, 0.25) is 5.91 Å². The normalized spacial score (nSPS) is 18.0. The Kier molecular flexibility index (Phi) is 7.89. The van der Waals surface area contributed by atoms with Crippen molar-refractivity contribution in [1.29, 1.82) is 0 Å². The maximum atomic E-state index is 12.9. The van der Waals surface area contributed by atoms with Crippen LogP contribution in [0.4, 0.5) is 0 Å². The molecule has 2 fully saturated rings. The maximum absolute atomic E-state index is 12.9. The van der Waals surface area contributed by atoms with Gasteiger partial charge in [-0.05, 0) is 49.6 Å². The van der Waals surface area contributed by atoms with Crippen LogP contribution in [0.15, 0.2) is 34.5 Å². The summed E-state index contributed by atoms with van der Waals surface area (Å²) in [6.45, 7) is 1.52. The van der Waals surface area contributed by atoms with E-state index in [1.807, 2.05) is 22.2 Å². The summed E-state index contributed by atoms with van der Waals surface area (Å²) in [5.41, 5.74) is 1.66. The molecule has 0 radical (unpaired) electrons. The first kappa shape index (κ1) is 23.3. The molecule has 0 bridgehead atoms. The number of nitrogens with zero attached hydrogens (tertiary/aromatic N) is 3. The number of carbonyl (C=O) groups is 2. The van der Waals surface area contributed by atoms with E-state index < -0.39 is 0 Å². The molecule has 1 aliphatic heterocycles. The summed E-state index contributed by atoms with van der Waals surface area (Å²) in [5.74, 6) is 0.593. The Labute approximate surface area is 199 Å². The number of hydrogen-bond donors (Lipinski definition) is 0. The molecule has 2 aliphatic rings. The molecular formula is C25H33N3O2S2. The van der Waals surface area contributed by atoms with Crippen LogP contribution in [-0.2, 0) is 11.2 Å². The summed E-state index contributed by atoms with van der Waals surface area (Å²) in [6, 6.07) is 8.61. The van der Waals surface area contributed by atoms with Gasteiger partial charge in [-0.3, -0.25) is 9.59 Å². The lowest BCUT2D eigenvalue weighted by Gasteiger charge is -2.31. The van der Waals surface area contributed by atoms with E-state index in [0.717, 1.165) is 49.3 Å². The lowest BCUT2D eigenvalue weighted by molar-refractivity contribution is -0.131. The second-order valence-electron chi connectivity index (χ2n) is 8.96. The molecule has 0 unspecified atom stereocenters. The van der Waals surface area contributed by atoms with Crippen molar-refractivity contribution in [3.8, 4) is 0 Å². The van der Waals surface area contributed by atoms with Crippen molar-refractivity contribution in [1.82, 2.24) is 14.8 Å². The molecule has 1 aliphatic carbocycles. The summed E-state index contributed by atoms with van der Waals surface area (Å²) in [7, 11) is 1.93. The molecule has 1 aromatic carbocycles. The lowest BCUT2D eigenvalue weighted by Crippen LogP contribution is -2.39. The SMILES string of the molecule is CSc1ccc(CC(=O)N2CCC(c3nc(C(=O)N(C)C4CCCCC4)cs3)CC2)cc1. The Balaban J connectivity index is 1.29. The van der Waals surface area contributed by atoms with Gasteiger partial charge in [0.05, 0.1) is 11.4 Å². The molecule has 7 heteroatoms. The van der Waals surface area contributed by atoms with Crippen molar-refractivity contribution in [3.63, 3.8) is 0 Å². The zero-order valence-corrected chi connectivity index (χ0v) is 20.7. The number of thioether (sulfide) groups is 1. The number of aromatic nitrogens is 1. The quantitative estimate of drug-likeness (QED) is 0.542. The molecule has 0 atom stereocenters. The summed E-state index contributed by atoms with van der Waals surface area (Å²) in [5, 5.41) is 2.97. The van der Waals surface area contributed by atoms with Gasteiger partial charge < -0.3 is 9.80 Å². The van der Waals surface area contributed by atoms with Crippen molar-refractivity contribution in [2.75, 3.05) is 26.4 Å². The van der Waals surface area contributed by atoms with Crippen LogP contribution in [0.2, 0.25) is 0 Å². The molecule has 1 saturated carbocycles. The van der Waals surface area contributed by atoms with Gasteiger partial charge in [0, 0.05) is 42.4 Å². The molecule has 0 spiro atoms. The second-order valence-corrected chi connectivity index (χ2v) is 10.7. The molecule has 2 heterocycles. The molecule has 5 nitrogen and oxygen atoms in total. The van der Waals surface area contributed by atoms with Crippen LogP contribution in [-0.4, -0.2) is 59.0 Å². The third-order valence-electron chi connectivity index (χ3n) is 6.90. The van der Waals surface area contributed by atoms with E-state index in [4.69, 9.17) is 4.98 Å². The number of rotatable bonds is 6. The fraction of sp³-hybridized carbons (Fsp3) is 0.560. The van der Waals surface area contributed by atoms with Gasteiger partial charge in [-0.2, -0.15) is 0 Å². The summed E-state index contributed by atoms with van der Waals surface area (Å²) in [4.78, 5) is 35.5. The van der Waals surface area contributed by atoms with Gasteiger partial charge in [0.15, 0.2) is 0 Å². The van der Waals surface area contributed by atoms with Crippen LogP contribution < -0.4 is 0 Å². The highest BCUT2D eigenvalue weighted by Crippen LogP contribution is 2.31. The fourth-order valence-electron chi connectivity index (χ4n) is 4.79. The third kappa shape index (κ3) is 5.54. The smallest absolute Gasteiger partial charge is 0.273 e. The minimum absolute atomic E-state index is 0.0551. The van der Waals surface area contributed by atoms with E-state index in [2.05, 4.69) is 30.5 Å². The van der Waals surface area contributed by atoms with E-state index in [1.54, 1.807) is 23.1 Å². The maximum Gasteiger partial charge on any atom is 0.273 e. The largest absolute Gasteiger partial charge is 0.342 e. The van der Waals surface area contributed by atoms with Crippen LogP contribution in [0.3, 0.4) is 0 Å². The number of piperidine rings is 1. The van der Waals surface area contributed by atoms with Crippen molar-refractivity contribution >= 4 is 34.9 Å². The van der Waals surface area contributed by atoms with Crippen LogP contribution in [0.5, 0.6) is 0 Å². The van der Waals surface area contributed by atoms with Gasteiger partial charge >= 0.3 is 0 Å². The molecule has 1 saturated heterocycles. The fourth-order valence-corrected chi connectivity index (χ4v) is 6.17. The first-order valence-electron chi connectivity index (χ1n) is 11.7. The summed E-state index contributed by atoms with van der Waals surface area (Å²) >= 11 is 3.31. The van der Waals surface area contributed by atoms with Crippen LogP contribution in [0.1, 0.15) is 71.9 Å². The minimum atomic E-state index is 0.0551. The average Bonchev–Trinajstić information content (AvgIpc) is 3.34. The van der Waals surface area contributed by atoms with E-state index in [0.29, 0.717) is 24.1 Å². The third-order valence-corrected chi connectivity index (χ3v) is 8.65. The first-order chi connectivity index (χ1) is 15.5. The van der Waals surface area contributed by atoms with E-state index in [9.17, 15) is 9.59 Å². The predicted octanol–water partition coefficient (Wildman–Crippen LogP) is 5.22. The number of carbonyl (C=O) groups excluding carboxylic acids is 2. The van der Waals surface area contributed by atoms with Crippen molar-refractivity contribution in [3.05, 3.63) is 45.9 Å². The van der Waals surface area contributed by atoms with Crippen LogP contribution in [0, 0.1) is 0 Å². The van der Waals surface area contributed by atoms with Crippen molar-refractivity contribution in [2.45, 2.75) is 68.2 Å². The Morgan fingerprint density at radius 2 is 1.78 bits per heavy atom. The van der Waals surface area contributed by atoms with Crippen LogP contribution in [0.25, 0.3) is 0 Å². The number of hydrogen-bond acceptors (Lipinski definition) is 5. The second kappa shape index (κ2) is 10.8. The Morgan fingerprint density at radius 1 is 1.09 bits per heavy atom. The molecular weight excluding hydrogens is 438 g/mol. The predicted molar refractivity (Wildman–Crippen MR) is 132 cm³/mol. The molecule has 0 N–H and O–H groups in total. The van der Waals surface area contributed by atoms with Gasteiger partial charge in [-0.1, -0.05) is 31.4 Å². The zero-order chi connectivity index (χ0) is 22.5. The number of likely N-dealkylation sites (tertiary alicyclic amines) is 1. The molecule has 1 aromatic heterocycles. The van der Waals surface area contributed by atoms with E-state index in [1.165, 1.54) is 24.2 Å². The zero-order valence-electron chi connectivity index (χ0n) is 19.1. The Bertz CT molecular complexity index is 914. The highest BCUT2D eigenvalue weighted by atomic mass is 32.2. The number of benzene rings is 1. The summed E-state index contributed by atoms with van der Waals surface area (Å²) < 4.78 is 0. The highest BCUT2D eigenvalue weighted by molar-refractivity contribution is 7.98. The number of amides is 2. The monoisotopic (exact) mass is 471 g/mol. The molecule has 172 valence electrons. The van der Waals surface area contributed by atoms with Gasteiger partial charge in [0.25, 0.3) is 5.91 Å². The van der Waals surface area contributed by atoms with Gasteiger partial charge in [-0.25, -0.2) is 4.98 Å². The van der Waals surface area contributed by atoms with Gasteiger partial charge in [-0.15, -0.1) is 23.1 Å². The van der Waals surface area contributed by atoms with Crippen molar-refractivity contribution < 1.29 is 9.59 Å². The molecule has 2 amide bonds. The molecule has 32 heavy (non-hydrogen) atoms.